The van der Waals surface area contributed by atoms with Crippen LogP contribution in [0.25, 0.3) is 5.57 Å². The zero-order valence-corrected chi connectivity index (χ0v) is 19.7. The van der Waals surface area contributed by atoms with Crippen LogP contribution >= 0.6 is 90.4 Å². The minimum absolute atomic E-state index is 0.0799. The van der Waals surface area contributed by atoms with Gasteiger partial charge in [0.25, 0.3) is 10.1 Å². The molecular formula is C11H10I4O4S. The Morgan fingerprint density at radius 1 is 1.15 bits per heavy atom. The molecule has 0 radical (unpaired) electrons. The van der Waals surface area contributed by atoms with Crippen molar-refractivity contribution in [2.75, 3.05) is 12.4 Å². The Kier molecular flexibility index (Phi) is 7.77. The predicted octanol–water partition coefficient (Wildman–Crippen LogP) is 4.40. The van der Waals surface area contributed by atoms with Gasteiger partial charge in [0.1, 0.15) is 18.1 Å². The lowest BCUT2D eigenvalue weighted by Gasteiger charge is -2.17. The van der Waals surface area contributed by atoms with E-state index in [1.807, 2.05) is 6.92 Å². The Labute approximate surface area is 172 Å². The van der Waals surface area contributed by atoms with Crippen LogP contribution in [0.3, 0.4) is 0 Å². The summed E-state index contributed by atoms with van der Waals surface area (Å²) in [6.45, 7) is 5.85. The van der Waals surface area contributed by atoms with Crippen molar-refractivity contribution in [3.05, 3.63) is 26.4 Å². The molecule has 0 saturated heterocycles. The molecule has 1 aromatic rings. The number of rotatable bonds is 5. The number of hydrogen-bond acceptors (Lipinski definition) is 3. The molecule has 0 spiro atoms. The standard InChI is InChI=1S/C11H10I4O4S/c1-5(2)6-7(12)9(14)11(10(15)8(6)13)19-3-4-20(16,17)18/h1,3-4H2,2H3,(H,16,17,18). The van der Waals surface area contributed by atoms with Crippen LogP contribution in [0.15, 0.2) is 6.58 Å². The Bertz CT molecular complexity index is 626. The van der Waals surface area contributed by atoms with Gasteiger partial charge in [-0.15, -0.1) is 0 Å². The number of allylic oxidation sites excluding steroid dienone is 1. The van der Waals surface area contributed by atoms with E-state index in [1.165, 1.54) is 0 Å². The Balaban J connectivity index is 3.20. The van der Waals surface area contributed by atoms with Crippen LogP contribution in [-0.4, -0.2) is 25.3 Å². The predicted molar refractivity (Wildman–Crippen MR) is 114 cm³/mol. The average molecular weight is 746 g/mol. The van der Waals surface area contributed by atoms with E-state index in [-0.39, 0.29) is 6.61 Å². The normalized spacial score (nSPS) is 11.5. The van der Waals surface area contributed by atoms with E-state index in [2.05, 4.69) is 96.9 Å². The second-order valence-corrected chi connectivity index (χ2v) is 9.76. The molecule has 0 aromatic heterocycles. The average Bonchev–Trinajstić information content (AvgIpc) is 2.29. The number of benzene rings is 1. The highest BCUT2D eigenvalue weighted by atomic mass is 127. The summed E-state index contributed by atoms with van der Waals surface area (Å²) in [4.78, 5) is 0. The topological polar surface area (TPSA) is 63.6 Å². The van der Waals surface area contributed by atoms with Crippen molar-refractivity contribution in [2.45, 2.75) is 6.92 Å². The number of hydrogen-bond donors (Lipinski definition) is 1. The molecule has 0 heterocycles. The molecule has 1 N–H and O–H groups in total. The smallest absolute Gasteiger partial charge is 0.268 e. The summed E-state index contributed by atoms with van der Waals surface area (Å²) < 4.78 is 39.6. The molecule has 0 bridgehead atoms. The van der Waals surface area contributed by atoms with E-state index >= 15 is 0 Å². The SMILES string of the molecule is C=C(C)c1c(I)c(I)c(OCCS(=O)(=O)O)c(I)c1I. The fourth-order valence-electron chi connectivity index (χ4n) is 1.36. The van der Waals surface area contributed by atoms with Gasteiger partial charge in [0, 0.05) is 12.7 Å². The molecule has 0 amide bonds. The van der Waals surface area contributed by atoms with Crippen molar-refractivity contribution < 1.29 is 17.7 Å². The second kappa shape index (κ2) is 7.92. The molecular weight excluding hydrogens is 736 g/mol. The highest BCUT2D eigenvalue weighted by Gasteiger charge is 2.20. The van der Waals surface area contributed by atoms with Crippen molar-refractivity contribution in [2.24, 2.45) is 0 Å². The summed E-state index contributed by atoms with van der Waals surface area (Å²) in [5.41, 5.74) is 2.06. The molecule has 0 unspecified atom stereocenters. The molecule has 20 heavy (non-hydrogen) atoms. The zero-order chi connectivity index (χ0) is 15.7. The summed E-state index contributed by atoms with van der Waals surface area (Å²) in [5.74, 6) is 0.225. The Morgan fingerprint density at radius 2 is 1.60 bits per heavy atom. The fourth-order valence-corrected chi connectivity index (χ4v) is 6.03. The van der Waals surface area contributed by atoms with Gasteiger partial charge in [0.15, 0.2) is 0 Å². The van der Waals surface area contributed by atoms with Gasteiger partial charge in [-0.2, -0.15) is 8.42 Å². The molecule has 4 nitrogen and oxygen atoms in total. The van der Waals surface area contributed by atoms with Gasteiger partial charge in [-0.3, -0.25) is 4.55 Å². The summed E-state index contributed by atoms with van der Waals surface area (Å²) in [6, 6.07) is 0. The summed E-state index contributed by atoms with van der Waals surface area (Å²) in [7, 11) is -4.01. The maximum Gasteiger partial charge on any atom is 0.268 e. The molecule has 112 valence electrons. The number of ether oxygens (including phenoxy) is 1. The van der Waals surface area contributed by atoms with Crippen molar-refractivity contribution in [3.8, 4) is 5.75 Å². The highest BCUT2D eigenvalue weighted by molar-refractivity contribution is 14.1. The lowest BCUT2D eigenvalue weighted by Crippen LogP contribution is -2.14. The molecule has 1 rings (SSSR count). The first-order chi connectivity index (χ1) is 9.06. The van der Waals surface area contributed by atoms with Gasteiger partial charge in [-0.05, 0) is 103 Å². The van der Waals surface area contributed by atoms with Gasteiger partial charge >= 0.3 is 0 Å². The lowest BCUT2D eigenvalue weighted by molar-refractivity contribution is 0.330. The van der Waals surface area contributed by atoms with Crippen molar-refractivity contribution in [3.63, 3.8) is 0 Å². The lowest BCUT2D eigenvalue weighted by atomic mass is 10.1. The van der Waals surface area contributed by atoms with Crippen LogP contribution in [-0.2, 0) is 10.1 Å². The fraction of sp³-hybridized carbons (Fsp3) is 0.273. The van der Waals surface area contributed by atoms with Crippen LogP contribution in [0.2, 0.25) is 0 Å². The third-order valence-electron chi connectivity index (χ3n) is 2.24. The summed E-state index contributed by atoms with van der Waals surface area (Å²) in [5, 5.41) is 0. The maximum atomic E-state index is 10.7. The van der Waals surface area contributed by atoms with E-state index < -0.39 is 15.9 Å². The van der Waals surface area contributed by atoms with E-state index in [4.69, 9.17) is 9.29 Å². The van der Waals surface area contributed by atoms with Crippen LogP contribution in [0.1, 0.15) is 12.5 Å². The minimum atomic E-state index is -4.01. The first-order valence-corrected chi connectivity index (χ1v) is 11.1. The van der Waals surface area contributed by atoms with Gasteiger partial charge in [0.2, 0.25) is 0 Å². The second-order valence-electron chi connectivity index (χ2n) is 3.87. The van der Waals surface area contributed by atoms with Crippen LogP contribution in [0.5, 0.6) is 5.75 Å². The quantitative estimate of drug-likeness (QED) is 0.276. The van der Waals surface area contributed by atoms with Crippen molar-refractivity contribution in [1.29, 1.82) is 0 Å². The summed E-state index contributed by atoms with van der Waals surface area (Å²) in [6.07, 6.45) is 0. The monoisotopic (exact) mass is 746 g/mol. The molecule has 1 aromatic carbocycles. The Hall–Kier alpha value is 1.59. The molecule has 9 heteroatoms. The third kappa shape index (κ3) is 5.06. The molecule has 0 fully saturated rings. The van der Waals surface area contributed by atoms with Gasteiger partial charge < -0.3 is 4.74 Å². The van der Waals surface area contributed by atoms with Crippen LogP contribution in [0, 0.1) is 14.3 Å². The highest BCUT2D eigenvalue weighted by Crippen LogP contribution is 2.40. The zero-order valence-electron chi connectivity index (χ0n) is 10.2. The van der Waals surface area contributed by atoms with Crippen LogP contribution < -0.4 is 4.74 Å². The van der Waals surface area contributed by atoms with Crippen LogP contribution in [0.4, 0.5) is 0 Å². The van der Waals surface area contributed by atoms with Gasteiger partial charge in [-0.1, -0.05) is 6.58 Å². The number of halogens is 4. The van der Waals surface area contributed by atoms with E-state index in [1.54, 1.807) is 0 Å². The van der Waals surface area contributed by atoms with Crippen molar-refractivity contribution in [1.82, 2.24) is 0 Å². The van der Waals surface area contributed by atoms with E-state index in [9.17, 15) is 8.42 Å². The molecule has 0 aliphatic rings. The molecule has 0 atom stereocenters. The molecule has 0 aliphatic heterocycles. The first kappa shape index (κ1) is 19.6. The third-order valence-corrected chi connectivity index (χ3v) is 9.20. The summed E-state index contributed by atoms with van der Waals surface area (Å²) >= 11 is 8.81. The van der Waals surface area contributed by atoms with Crippen molar-refractivity contribution >= 4 is 106 Å². The minimum Gasteiger partial charge on any atom is -0.490 e. The maximum absolute atomic E-state index is 10.7. The van der Waals surface area contributed by atoms with E-state index in [0.29, 0.717) is 5.75 Å². The molecule has 0 aliphatic carbocycles. The Morgan fingerprint density at radius 3 is 1.95 bits per heavy atom. The van der Waals surface area contributed by atoms with Gasteiger partial charge in [0.05, 0.1) is 7.14 Å². The van der Waals surface area contributed by atoms with E-state index in [0.717, 1.165) is 25.4 Å². The first-order valence-electron chi connectivity index (χ1n) is 5.16. The largest absolute Gasteiger partial charge is 0.490 e. The van der Waals surface area contributed by atoms with Gasteiger partial charge in [-0.25, -0.2) is 0 Å². The molecule has 0 saturated carbocycles.